The van der Waals surface area contributed by atoms with Gasteiger partial charge in [0, 0.05) is 66.8 Å². The van der Waals surface area contributed by atoms with E-state index in [1.54, 1.807) is 0 Å². The first kappa shape index (κ1) is 37.7. The number of aromatic nitrogens is 2. The van der Waals surface area contributed by atoms with Crippen LogP contribution in [0, 0.1) is 0 Å². The van der Waals surface area contributed by atoms with Crippen LogP contribution in [0.15, 0.2) is 231 Å². The van der Waals surface area contributed by atoms with E-state index in [9.17, 15) is 0 Å². The number of nitrogens with zero attached hydrogens (tertiary/aromatic N) is 4. The van der Waals surface area contributed by atoms with E-state index in [-0.39, 0.29) is 5.41 Å². The first-order valence-electron chi connectivity index (χ1n) is 23.3. The summed E-state index contributed by atoms with van der Waals surface area (Å²) in [6.45, 7) is 4.76. The molecule has 2 aliphatic rings. The second kappa shape index (κ2) is 14.2. The summed E-state index contributed by atoms with van der Waals surface area (Å²) in [5.74, 6) is 0. The molecule has 3 heterocycles. The fourth-order valence-corrected chi connectivity index (χ4v) is 11.5. The third kappa shape index (κ3) is 5.54. The number of hydrogen-bond acceptors (Lipinski definition) is 2. The standard InChI is InChI=1S/C63H44N4/c1-63(2)55-34-31-47-38-53(55)54-39-48(32-35-56(54)63)65(59-28-15-29-60-62(59)52-25-10-12-27-58(52)66(60)43-18-5-3-6-19-43)46-23-14-17-42(37-46)41-16-13-22-45(36-41)64(47)49-30-33-51-50-24-9-11-26-57(50)67(61(51)40-49)44-20-7-4-8-21-44/h3-40H,1-2H3. The number of anilines is 6. The van der Waals surface area contributed by atoms with E-state index in [1.165, 1.54) is 65.9 Å². The molecule has 0 saturated carbocycles. The molecule has 0 radical (unpaired) electrons. The Bertz CT molecular complexity index is 3970. The number of hydrogen-bond donors (Lipinski definition) is 0. The highest BCUT2D eigenvalue weighted by Gasteiger charge is 2.37. The maximum Gasteiger partial charge on any atom is 0.0562 e. The van der Waals surface area contributed by atoms with Crippen LogP contribution in [0.5, 0.6) is 0 Å². The fraction of sp³-hybridized carbons (Fsp3) is 0.0476. The number of benzene rings is 10. The van der Waals surface area contributed by atoms with Crippen LogP contribution < -0.4 is 9.80 Å². The first-order valence-corrected chi connectivity index (χ1v) is 23.3. The van der Waals surface area contributed by atoms with Crippen molar-refractivity contribution in [1.82, 2.24) is 9.13 Å². The predicted octanol–water partition coefficient (Wildman–Crippen LogP) is 17.1. The third-order valence-electron chi connectivity index (χ3n) is 14.6. The van der Waals surface area contributed by atoms with E-state index in [2.05, 4.69) is 263 Å². The molecular formula is C63H44N4. The van der Waals surface area contributed by atoms with Gasteiger partial charge in [0.25, 0.3) is 0 Å². The quantitative estimate of drug-likeness (QED) is 0.175. The van der Waals surface area contributed by atoms with Crippen molar-refractivity contribution in [1.29, 1.82) is 0 Å². The minimum atomic E-state index is -0.191. The normalized spacial score (nSPS) is 13.6. The highest BCUT2D eigenvalue weighted by atomic mass is 15.2. The summed E-state index contributed by atoms with van der Waals surface area (Å²) in [5, 5.41) is 4.92. The smallest absolute Gasteiger partial charge is 0.0562 e. The van der Waals surface area contributed by atoms with Gasteiger partial charge < -0.3 is 18.9 Å². The van der Waals surface area contributed by atoms with Crippen LogP contribution in [-0.2, 0) is 5.41 Å². The summed E-state index contributed by atoms with van der Waals surface area (Å²) in [4.78, 5) is 4.95. The molecule has 4 heteroatoms. The molecule has 8 bridgehead atoms. The molecular weight excluding hydrogens is 813 g/mol. The summed E-state index contributed by atoms with van der Waals surface area (Å²) in [6.07, 6.45) is 0. The average molecular weight is 857 g/mol. The van der Waals surface area contributed by atoms with Crippen molar-refractivity contribution in [2.45, 2.75) is 19.3 Å². The van der Waals surface area contributed by atoms with E-state index >= 15 is 0 Å². The largest absolute Gasteiger partial charge is 0.310 e. The fourth-order valence-electron chi connectivity index (χ4n) is 11.5. The van der Waals surface area contributed by atoms with Gasteiger partial charge in [0.05, 0.1) is 27.8 Å². The second-order valence-corrected chi connectivity index (χ2v) is 18.6. The maximum atomic E-state index is 2.49. The molecule has 0 amide bonds. The van der Waals surface area contributed by atoms with Crippen molar-refractivity contribution < 1.29 is 0 Å². The van der Waals surface area contributed by atoms with Crippen molar-refractivity contribution in [3.05, 3.63) is 242 Å². The molecule has 0 N–H and O–H groups in total. The molecule has 12 aromatic rings. The van der Waals surface area contributed by atoms with Crippen molar-refractivity contribution in [2.24, 2.45) is 0 Å². The van der Waals surface area contributed by atoms with Crippen LogP contribution in [0.1, 0.15) is 25.0 Å². The van der Waals surface area contributed by atoms with E-state index < -0.39 is 0 Å². The monoisotopic (exact) mass is 856 g/mol. The van der Waals surface area contributed by atoms with Crippen LogP contribution in [0.4, 0.5) is 34.1 Å². The van der Waals surface area contributed by atoms with E-state index in [4.69, 9.17) is 0 Å². The van der Waals surface area contributed by atoms with E-state index in [1.807, 2.05) is 0 Å². The Morgan fingerprint density at radius 1 is 0.299 bits per heavy atom. The zero-order valence-corrected chi connectivity index (χ0v) is 37.2. The van der Waals surface area contributed by atoms with Gasteiger partial charge in [-0.3, -0.25) is 0 Å². The topological polar surface area (TPSA) is 16.3 Å². The van der Waals surface area contributed by atoms with Crippen LogP contribution >= 0.6 is 0 Å². The lowest BCUT2D eigenvalue weighted by Gasteiger charge is -2.29. The molecule has 316 valence electrons. The lowest BCUT2D eigenvalue weighted by molar-refractivity contribution is 0.660. The van der Waals surface area contributed by atoms with Crippen molar-refractivity contribution in [3.8, 4) is 33.6 Å². The molecule has 0 unspecified atom stereocenters. The van der Waals surface area contributed by atoms with Gasteiger partial charge >= 0.3 is 0 Å². The van der Waals surface area contributed by atoms with Gasteiger partial charge in [-0.2, -0.15) is 0 Å². The second-order valence-electron chi connectivity index (χ2n) is 18.6. The molecule has 4 nitrogen and oxygen atoms in total. The molecule has 0 saturated heterocycles. The molecule has 1 aliphatic heterocycles. The minimum Gasteiger partial charge on any atom is -0.310 e. The summed E-state index contributed by atoms with van der Waals surface area (Å²) < 4.78 is 4.82. The Labute approximate surface area is 389 Å². The Balaban J connectivity index is 1.03. The lowest BCUT2D eigenvalue weighted by atomic mass is 9.82. The Morgan fingerprint density at radius 2 is 0.746 bits per heavy atom. The third-order valence-corrected chi connectivity index (χ3v) is 14.6. The van der Waals surface area contributed by atoms with Gasteiger partial charge in [-0.1, -0.05) is 135 Å². The van der Waals surface area contributed by atoms with Gasteiger partial charge in [-0.05, 0) is 143 Å². The molecule has 1 aliphatic carbocycles. The zero-order chi connectivity index (χ0) is 44.4. The highest BCUT2D eigenvalue weighted by molar-refractivity contribution is 6.17. The minimum absolute atomic E-state index is 0.191. The zero-order valence-electron chi connectivity index (χ0n) is 37.2. The van der Waals surface area contributed by atoms with E-state index in [0.717, 1.165) is 56.6 Å². The molecule has 2 aromatic heterocycles. The average Bonchev–Trinajstić information content (AvgIpc) is 3.97. The van der Waals surface area contributed by atoms with Gasteiger partial charge in [0.15, 0.2) is 0 Å². The molecule has 0 atom stereocenters. The van der Waals surface area contributed by atoms with Gasteiger partial charge in [0.1, 0.15) is 0 Å². The van der Waals surface area contributed by atoms with E-state index in [0.29, 0.717) is 0 Å². The van der Waals surface area contributed by atoms with Gasteiger partial charge in [-0.25, -0.2) is 0 Å². The molecule has 14 rings (SSSR count). The van der Waals surface area contributed by atoms with Crippen molar-refractivity contribution >= 4 is 77.7 Å². The maximum absolute atomic E-state index is 2.49. The highest BCUT2D eigenvalue weighted by Crippen LogP contribution is 2.54. The summed E-state index contributed by atoms with van der Waals surface area (Å²) in [7, 11) is 0. The van der Waals surface area contributed by atoms with Gasteiger partial charge in [-0.15, -0.1) is 0 Å². The molecule has 0 spiro atoms. The van der Waals surface area contributed by atoms with Crippen molar-refractivity contribution in [2.75, 3.05) is 9.80 Å². The van der Waals surface area contributed by atoms with Gasteiger partial charge in [0.2, 0.25) is 0 Å². The first-order chi connectivity index (χ1) is 33.0. The van der Waals surface area contributed by atoms with Crippen LogP contribution in [0.25, 0.3) is 77.2 Å². The number of para-hydroxylation sites is 4. The lowest BCUT2D eigenvalue weighted by Crippen LogP contribution is -2.16. The summed E-state index contributed by atoms with van der Waals surface area (Å²) in [6, 6.07) is 85.4. The summed E-state index contributed by atoms with van der Waals surface area (Å²) >= 11 is 0. The predicted molar refractivity (Wildman–Crippen MR) is 281 cm³/mol. The van der Waals surface area contributed by atoms with Crippen LogP contribution in [0.2, 0.25) is 0 Å². The molecule has 0 fully saturated rings. The molecule has 10 aromatic carbocycles. The Morgan fingerprint density at radius 3 is 1.40 bits per heavy atom. The van der Waals surface area contributed by atoms with Crippen LogP contribution in [0.3, 0.4) is 0 Å². The Hall–Kier alpha value is -8.60. The summed E-state index contributed by atoms with van der Waals surface area (Å²) in [5.41, 5.74) is 21.0. The SMILES string of the molecule is CC1(C)c2ccc3cc2-c2cc(ccc21)N(c1cccc2c1c1ccccc1n2-c1ccccc1)c1cccc(c1)-c1cccc(c1)N3c1ccc2c3ccccc3n(-c3ccccc3)c2c1. The number of rotatable bonds is 4. The van der Waals surface area contributed by atoms with Crippen LogP contribution in [-0.4, -0.2) is 9.13 Å². The van der Waals surface area contributed by atoms with Crippen molar-refractivity contribution in [3.63, 3.8) is 0 Å². The molecule has 67 heavy (non-hydrogen) atoms. The number of fused-ring (bicyclic) bond motifs is 13. The Kier molecular flexibility index (Phi) is 8.00.